The van der Waals surface area contributed by atoms with Crippen molar-refractivity contribution in [3.05, 3.63) is 65.2 Å². The van der Waals surface area contributed by atoms with Gasteiger partial charge in [-0.15, -0.1) is 0 Å². The van der Waals surface area contributed by atoms with E-state index >= 15 is 0 Å². The van der Waals surface area contributed by atoms with Gasteiger partial charge in [-0.2, -0.15) is 0 Å². The van der Waals surface area contributed by atoms with Gasteiger partial charge in [0.15, 0.2) is 0 Å². The molecule has 0 heterocycles. The molecule has 138 valence electrons. The molecule has 0 unspecified atom stereocenters. The van der Waals surface area contributed by atoms with Crippen molar-refractivity contribution in [1.82, 2.24) is 5.32 Å². The molecule has 0 saturated carbocycles. The molecule has 0 spiro atoms. The molecule has 0 atom stereocenters. The van der Waals surface area contributed by atoms with Crippen LogP contribution in [-0.2, 0) is 5.54 Å². The number of urea groups is 1. The second-order valence-corrected chi connectivity index (χ2v) is 7.53. The number of amides is 2. The highest BCUT2D eigenvalue weighted by atomic mass is 35.5. The van der Waals surface area contributed by atoms with Crippen LogP contribution in [0.1, 0.15) is 31.9 Å². The summed E-state index contributed by atoms with van der Waals surface area (Å²) in [5.41, 5.74) is 4.06. The van der Waals surface area contributed by atoms with Crippen LogP contribution in [-0.4, -0.2) is 20.1 Å². The van der Waals surface area contributed by atoms with Crippen molar-refractivity contribution in [3.63, 3.8) is 0 Å². The van der Waals surface area contributed by atoms with E-state index in [2.05, 4.69) is 23.3 Å². The maximum Gasteiger partial charge on any atom is 0.319 e. The summed E-state index contributed by atoms with van der Waals surface area (Å²) in [6.45, 7) is 9.89. The summed E-state index contributed by atoms with van der Waals surface area (Å²) in [6, 6.07) is 13.2. The highest BCUT2D eigenvalue weighted by Gasteiger charge is 2.23. The average molecular weight is 372 g/mol. The molecule has 2 aromatic rings. The zero-order valence-electron chi connectivity index (χ0n) is 16.0. The molecule has 0 aromatic heterocycles. The highest BCUT2D eigenvalue weighted by molar-refractivity contribution is 6.33. The number of allylic oxidation sites excluding steroid dienone is 1. The Morgan fingerprint density at radius 3 is 2.46 bits per heavy atom. The SMILES string of the molecule is C=C(C)c1cccc(C(C)(C)NC(=O)Nc2ccc(Cl)c(N(C)C)c2)c1. The number of carbonyl (C=O) groups is 1. The van der Waals surface area contributed by atoms with Crippen LogP contribution >= 0.6 is 11.6 Å². The predicted octanol–water partition coefficient (Wildman–Crippen LogP) is 5.50. The maximum absolute atomic E-state index is 12.5. The Hall–Kier alpha value is -2.46. The molecule has 5 heteroatoms. The third-order valence-corrected chi connectivity index (χ3v) is 4.51. The fraction of sp³-hybridized carbons (Fsp3) is 0.286. The van der Waals surface area contributed by atoms with Crippen LogP contribution in [0.5, 0.6) is 0 Å². The zero-order valence-corrected chi connectivity index (χ0v) is 16.7. The lowest BCUT2D eigenvalue weighted by Gasteiger charge is -2.27. The van der Waals surface area contributed by atoms with E-state index in [0.717, 1.165) is 22.4 Å². The number of nitrogens with zero attached hydrogens (tertiary/aromatic N) is 1. The number of hydrogen-bond donors (Lipinski definition) is 2. The van der Waals surface area contributed by atoms with Crippen LogP contribution in [0.4, 0.5) is 16.2 Å². The van der Waals surface area contributed by atoms with E-state index in [1.165, 1.54) is 0 Å². The Bertz CT molecular complexity index is 828. The summed E-state index contributed by atoms with van der Waals surface area (Å²) in [6.07, 6.45) is 0. The topological polar surface area (TPSA) is 44.4 Å². The van der Waals surface area contributed by atoms with Crippen LogP contribution in [0, 0.1) is 0 Å². The van der Waals surface area contributed by atoms with E-state index in [-0.39, 0.29) is 6.03 Å². The average Bonchev–Trinajstić information content (AvgIpc) is 2.56. The van der Waals surface area contributed by atoms with Gasteiger partial charge in [-0.1, -0.05) is 42.0 Å². The van der Waals surface area contributed by atoms with E-state index in [1.807, 2.05) is 64.0 Å². The molecule has 2 N–H and O–H groups in total. The van der Waals surface area contributed by atoms with Crippen molar-refractivity contribution in [1.29, 1.82) is 0 Å². The van der Waals surface area contributed by atoms with Gasteiger partial charge in [-0.3, -0.25) is 0 Å². The lowest BCUT2D eigenvalue weighted by molar-refractivity contribution is 0.242. The minimum atomic E-state index is -0.535. The van der Waals surface area contributed by atoms with E-state index in [4.69, 9.17) is 11.6 Å². The third kappa shape index (κ3) is 4.79. The molecule has 4 nitrogen and oxygen atoms in total. The van der Waals surface area contributed by atoms with E-state index in [0.29, 0.717) is 10.7 Å². The molecule has 0 aliphatic heterocycles. The Kier molecular flexibility index (Phi) is 5.98. The molecular formula is C21H26ClN3O. The quantitative estimate of drug-likeness (QED) is 0.729. The van der Waals surface area contributed by atoms with Gasteiger partial charge in [0.1, 0.15) is 0 Å². The molecule has 0 aliphatic carbocycles. The first-order valence-electron chi connectivity index (χ1n) is 8.42. The molecule has 2 aromatic carbocycles. The fourth-order valence-electron chi connectivity index (χ4n) is 2.62. The normalized spacial score (nSPS) is 11.0. The summed E-state index contributed by atoms with van der Waals surface area (Å²) in [7, 11) is 3.81. The van der Waals surface area contributed by atoms with Gasteiger partial charge < -0.3 is 15.5 Å². The second kappa shape index (κ2) is 7.83. The molecule has 0 bridgehead atoms. The predicted molar refractivity (Wildman–Crippen MR) is 112 cm³/mol. The summed E-state index contributed by atoms with van der Waals surface area (Å²) < 4.78 is 0. The second-order valence-electron chi connectivity index (χ2n) is 7.13. The Morgan fingerprint density at radius 1 is 1.15 bits per heavy atom. The van der Waals surface area contributed by atoms with E-state index in [9.17, 15) is 4.79 Å². The van der Waals surface area contributed by atoms with Crippen molar-refractivity contribution < 1.29 is 4.79 Å². The van der Waals surface area contributed by atoms with Crippen molar-refractivity contribution in [2.75, 3.05) is 24.3 Å². The van der Waals surface area contributed by atoms with Crippen molar-refractivity contribution in [2.24, 2.45) is 0 Å². The van der Waals surface area contributed by atoms with Gasteiger partial charge in [0.2, 0.25) is 0 Å². The minimum Gasteiger partial charge on any atom is -0.376 e. The van der Waals surface area contributed by atoms with Crippen LogP contribution in [0.15, 0.2) is 49.0 Å². The molecule has 2 rings (SSSR count). The lowest BCUT2D eigenvalue weighted by Crippen LogP contribution is -2.43. The molecule has 2 amide bonds. The monoisotopic (exact) mass is 371 g/mol. The lowest BCUT2D eigenvalue weighted by atomic mass is 9.92. The number of halogens is 1. The van der Waals surface area contributed by atoms with Gasteiger partial charge >= 0.3 is 6.03 Å². The Morgan fingerprint density at radius 2 is 1.85 bits per heavy atom. The van der Waals surface area contributed by atoms with Gasteiger partial charge in [-0.05, 0) is 56.2 Å². The molecule has 26 heavy (non-hydrogen) atoms. The first-order chi connectivity index (χ1) is 12.1. The van der Waals surface area contributed by atoms with Crippen molar-refractivity contribution in [3.8, 4) is 0 Å². The number of anilines is 2. The summed E-state index contributed by atoms with van der Waals surface area (Å²) in [5, 5.41) is 6.54. The maximum atomic E-state index is 12.5. The van der Waals surface area contributed by atoms with Gasteiger partial charge in [-0.25, -0.2) is 4.79 Å². The molecule has 0 fully saturated rings. The van der Waals surface area contributed by atoms with Gasteiger partial charge in [0.05, 0.1) is 16.2 Å². The Labute approximate surface area is 160 Å². The van der Waals surface area contributed by atoms with Crippen LogP contribution < -0.4 is 15.5 Å². The number of carbonyl (C=O) groups excluding carboxylic acids is 1. The van der Waals surface area contributed by atoms with Crippen molar-refractivity contribution >= 4 is 34.6 Å². The smallest absolute Gasteiger partial charge is 0.319 e. The highest BCUT2D eigenvalue weighted by Crippen LogP contribution is 2.28. The molecular weight excluding hydrogens is 346 g/mol. The van der Waals surface area contributed by atoms with Crippen molar-refractivity contribution in [2.45, 2.75) is 26.3 Å². The first kappa shape index (κ1) is 19.9. The summed E-state index contributed by atoms with van der Waals surface area (Å²) in [5.74, 6) is 0. The zero-order chi connectivity index (χ0) is 19.5. The minimum absolute atomic E-state index is 0.275. The number of hydrogen-bond acceptors (Lipinski definition) is 2. The fourth-order valence-corrected chi connectivity index (χ4v) is 2.91. The number of nitrogens with one attached hydrogen (secondary N) is 2. The van der Waals surface area contributed by atoms with E-state index in [1.54, 1.807) is 12.1 Å². The Balaban J connectivity index is 2.15. The summed E-state index contributed by atoms with van der Waals surface area (Å²) >= 11 is 6.18. The summed E-state index contributed by atoms with van der Waals surface area (Å²) in [4.78, 5) is 14.4. The molecule has 0 radical (unpaired) electrons. The number of benzene rings is 2. The molecule has 0 aliphatic rings. The number of rotatable bonds is 5. The van der Waals surface area contributed by atoms with Crippen LogP contribution in [0.3, 0.4) is 0 Å². The van der Waals surface area contributed by atoms with Crippen LogP contribution in [0.25, 0.3) is 5.57 Å². The standard InChI is InChI=1S/C21H26ClN3O/c1-14(2)15-8-7-9-16(12-15)21(3,4)24-20(26)23-17-10-11-18(22)19(13-17)25(5)6/h7-13H,1H2,2-6H3,(H2,23,24,26). The van der Waals surface area contributed by atoms with Crippen LogP contribution in [0.2, 0.25) is 5.02 Å². The largest absolute Gasteiger partial charge is 0.376 e. The van der Waals surface area contributed by atoms with Gasteiger partial charge in [0, 0.05) is 19.8 Å². The first-order valence-corrected chi connectivity index (χ1v) is 8.80. The van der Waals surface area contributed by atoms with E-state index < -0.39 is 5.54 Å². The van der Waals surface area contributed by atoms with Gasteiger partial charge in [0.25, 0.3) is 0 Å². The molecule has 0 saturated heterocycles. The third-order valence-electron chi connectivity index (χ3n) is 4.19.